The summed E-state index contributed by atoms with van der Waals surface area (Å²) in [5.74, 6) is 1.93. The van der Waals surface area contributed by atoms with E-state index in [2.05, 4.69) is 26.0 Å². The van der Waals surface area contributed by atoms with Crippen LogP contribution in [0.4, 0.5) is 0 Å². The number of hydrogen-bond donors (Lipinski definition) is 0. The Kier molecular flexibility index (Phi) is 3.04. The zero-order valence-electron chi connectivity index (χ0n) is 12.2. The molecule has 0 aromatic heterocycles. The van der Waals surface area contributed by atoms with Crippen molar-refractivity contribution in [3.63, 3.8) is 0 Å². The Labute approximate surface area is 120 Å². The summed E-state index contributed by atoms with van der Waals surface area (Å²) in [7, 11) is 1.67. The number of fused-ring (bicyclic) bond motifs is 1. The number of allylic oxidation sites excluding steroid dienone is 3. The van der Waals surface area contributed by atoms with Crippen LogP contribution < -0.4 is 4.74 Å². The zero-order chi connectivity index (χ0) is 14.3. The molecule has 2 bridgehead atoms. The molecule has 1 fully saturated rings. The fourth-order valence-electron chi connectivity index (χ4n) is 3.41. The number of hydrogen-bond acceptors (Lipinski definition) is 2. The molecule has 0 aliphatic heterocycles. The average Bonchev–Trinajstić information content (AvgIpc) is 2.44. The summed E-state index contributed by atoms with van der Waals surface area (Å²) in [5, 5.41) is 0. The molecule has 2 atom stereocenters. The number of methoxy groups -OCH3 is 1. The first-order chi connectivity index (χ1) is 9.52. The second kappa shape index (κ2) is 4.62. The van der Waals surface area contributed by atoms with Crippen LogP contribution in [0.1, 0.15) is 25.8 Å². The highest BCUT2D eigenvalue weighted by atomic mass is 16.5. The van der Waals surface area contributed by atoms with E-state index in [1.807, 2.05) is 30.3 Å². The van der Waals surface area contributed by atoms with E-state index in [-0.39, 0.29) is 11.3 Å². The maximum absolute atomic E-state index is 12.0. The van der Waals surface area contributed by atoms with Crippen LogP contribution in [0.2, 0.25) is 0 Å². The Morgan fingerprint density at radius 3 is 2.40 bits per heavy atom. The lowest BCUT2D eigenvalue weighted by atomic mass is 9.48. The van der Waals surface area contributed by atoms with Gasteiger partial charge in [-0.2, -0.15) is 0 Å². The fraction of sp³-hybridized carbons (Fsp3) is 0.389. The van der Waals surface area contributed by atoms with Crippen molar-refractivity contribution in [2.75, 3.05) is 7.11 Å². The standard InChI is InChI=1S/C18H20O2/c1-18(2)15-11-16(18)17(19)10-13(15)7-4-12-5-8-14(20-3)9-6-12/h4-10,15-16H,11H2,1-3H3/t15?,16-/m0/s1. The molecule has 4 rings (SSSR count). The van der Waals surface area contributed by atoms with Crippen LogP contribution in [0.5, 0.6) is 5.75 Å². The highest BCUT2D eigenvalue weighted by Gasteiger charge is 2.54. The van der Waals surface area contributed by atoms with Gasteiger partial charge in [0.05, 0.1) is 7.11 Å². The van der Waals surface area contributed by atoms with E-state index in [0.29, 0.717) is 11.7 Å². The van der Waals surface area contributed by atoms with Crippen LogP contribution in [0.15, 0.2) is 42.0 Å². The van der Waals surface area contributed by atoms with Crippen LogP contribution in [0, 0.1) is 17.3 Å². The molecule has 20 heavy (non-hydrogen) atoms. The van der Waals surface area contributed by atoms with Gasteiger partial charge in [-0.05, 0) is 47.1 Å². The number of benzene rings is 1. The summed E-state index contributed by atoms with van der Waals surface area (Å²) in [5.41, 5.74) is 2.43. The van der Waals surface area contributed by atoms with E-state index in [1.165, 1.54) is 5.57 Å². The van der Waals surface area contributed by atoms with Crippen molar-refractivity contribution >= 4 is 11.9 Å². The van der Waals surface area contributed by atoms with Gasteiger partial charge in [0, 0.05) is 5.92 Å². The van der Waals surface area contributed by atoms with Gasteiger partial charge in [0.15, 0.2) is 5.78 Å². The lowest BCUT2D eigenvalue weighted by molar-refractivity contribution is -0.133. The summed E-state index contributed by atoms with van der Waals surface area (Å²) < 4.78 is 5.15. The first-order valence-corrected chi connectivity index (χ1v) is 7.10. The largest absolute Gasteiger partial charge is 0.497 e. The van der Waals surface area contributed by atoms with Gasteiger partial charge in [0.25, 0.3) is 0 Å². The molecule has 0 spiro atoms. The highest BCUT2D eigenvalue weighted by molar-refractivity contribution is 5.96. The number of carbonyl (C=O) groups is 1. The van der Waals surface area contributed by atoms with Crippen molar-refractivity contribution in [1.29, 1.82) is 0 Å². The lowest BCUT2D eigenvalue weighted by Gasteiger charge is -2.54. The van der Waals surface area contributed by atoms with E-state index in [4.69, 9.17) is 4.74 Å². The molecule has 0 N–H and O–H groups in total. The summed E-state index contributed by atoms with van der Waals surface area (Å²) in [6.07, 6.45) is 7.03. The van der Waals surface area contributed by atoms with E-state index in [1.54, 1.807) is 7.11 Å². The minimum atomic E-state index is 0.130. The van der Waals surface area contributed by atoms with Crippen LogP contribution >= 0.6 is 0 Å². The van der Waals surface area contributed by atoms with Crippen molar-refractivity contribution < 1.29 is 9.53 Å². The Hall–Kier alpha value is -1.83. The minimum Gasteiger partial charge on any atom is -0.497 e. The molecular formula is C18H20O2. The smallest absolute Gasteiger partial charge is 0.159 e. The number of carbonyl (C=O) groups excluding carboxylic acids is 1. The summed E-state index contributed by atoms with van der Waals surface area (Å²) in [6.45, 7) is 4.41. The molecule has 0 heterocycles. The summed E-state index contributed by atoms with van der Waals surface area (Å²) in [4.78, 5) is 12.0. The maximum atomic E-state index is 12.0. The molecule has 1 saturated carbocycles. The first-order valence-electron chi connectivity index (χ1n) is 7.10. The second-order valence-corrected chi connectivity index (χ2v) is 6.32. The van der Waals surface area contributed by atoms with Gasteiger partial charge < -0.3 is 4.74 Å². The van der Waals surface area contributed by atoms with Gasteiger partial charge in [-0.15, -0.1) is 0 Å². The minimum absolute atomic E-state index is 0.130. The molecule has 1 aromatic rings. The topological polar surface area (TPSA) is 26.3 Å². The molecule has 0 radical (unpaired) electrons. The van der Waals surface area contributed by atoms with Gasteiger partial charge in [0.2, 0.25) is 0 Å². The van der Waals surface area contributed by atoms with Crippen LogP contribution in [0.3, 0.4) is 0 Å². The Morgan fingerprint density at radius 2 is 1.85 bits per heavy atom. The quantitative estimate of drug-likeness (QED) is 0.831. The van der Waals surface area contributed by atoms with Gasteiger partial charge in [-0.1, -0.05) is 38.1 Å². The Balaban J connectivity index is 1.80. The summed E-state index contributed by atoms with van der Waals surface area (Å²) >= 11 is 0. The van der Waals surface area contributed by atoms with Gasteiger partial charge in [-0.3, -0.25) is 4.79 Å². The molecular weight excluding hydrogens is 248 g/mol. The predicted molar refractivity (Wildman–Crippen MR) is 80.5 cm³/mol. The molecule has 0 amide bonds. The second-order valence-electron chi connectivity index (χ2n) is 6.32. The van der Waals surface area contributed by atoms with E-state index >= 15 is 0 Å². The molecule has 1 aromatic carbocycles. The SMILES string of the molecule is COc1ccc(C=CC2=CC(=O)[C@@H]3CC2C3(C)C)cc1. The normalized spacial score (nSPS) is 27.1. The molecule has 3 aliphatic carbocycles. The number of rotatable bonds is 3. The number of ether oxygens (including phenoxy) is 1. The molecule has 104 valence electrons. The molecule has 2 heteroatoms. The van der Waals surface area contributed by atoms with Crippen molar-refractivity contribution in [1.82, 2.24) is 0 Å². The third-order valence-corrected chi connectivity index (χ3v) is 4.91. The fourth-order valence-corrected chi connectivity index (χ4v) is 3.41. The van der Waals surface area contributed by atoms with Gasteiger partial charge in [0.1, 0.15) is 5.75 Å². The molecule has 3 aliphatic rings. The first kappa shape index (κ1) is 13.2. The van der Waals surface area contributed by atoms with Crippen LogP contribution in [-0.4, -0.2) is 12.9 Å². The van der Waals surface area contributed by atoms with Crippen molar-refractivity contribution in [3.05, 3.63) is 47.6 Å². The molecule has 1 unspecified atom stereocenters. The zero-order valence-corrected chi connectivity index (χ0v) is 12.2. The third kappa shape index (κ3) is 2.00. The van der Waals surface area contributed by atoms with Crippen molar-refractivity contribution in [2.45, 2.75) is 20.3 Å². The van der Waals surface area contributed by atoms with Crippen molar-refractivity contribution in [2.24, 2.45) is 17.3 Å². The summed E-state index contributed by atoms with van der Waals surface area (Å²) in [6, 6.07) is 7.94. The third-order valence-electron chi connectivity index (χ3n) is 4.91. The van der Waals surface area contributed by atoms with E-state index < -0.39 is 0 Å². The van der Waals surface area contributed by atoms with Crippen molar-refractivity contribution in [3.8, 4) is 5.75 Å². The van der Waals surface area contributed by atoms with E-state index in [9.17, 15) is 4.79 Å². The van der Waals surface area contributed by atoms with Crippen LogP contribution in [-0.2, 0) is 4.79 Å². The van der Waals surface area contributed by atoms with Crippen LogP contribution in [0.25, 0.3) is 6.08 Å². The molecule has 0 saturated heterocycles. The highest BCUT2D eigenvalue weighted by Crippen LogP contribution is 2.58. The Morgan fingerprint density at radius 1 is 1.15 bits per heavy atom. The predicted octanol–water partition coefficient (Wildman–Crippen LogP) is 3.88. The number of ketones is 1. The molecule has 2 nitrogen and oxygen atoms in total. The maximum Gasteiger partial charge on any atom is 0.159 e. The Bertz CT molecular complexity index is 590. The monoisotopic (exact) mass is 268 g/mol. The van der Waals surface area contributed by atoms with Gasteiger partial charge in [-0.25, -0.2) is 0 Å². The van der Waals surface area contributed by atoms with Gasteiger partial charge >= 0.3 is 0 Å². The lowest BCUT2D eigenvalue weighted by Crippen LogP contribution is -2.52. The average molecular weight is 268 g/mol. The van der Waals surface area contributed by atoms with E-state index in [0.717, 1.165) is 17.7 Å².